The summed E-state index contributed by atoms with van der Waals surface area (Å²) in [5.41, 5.74) is 2.43. The predicted octanol–water partition coefficient (Wildman–Crippen LogP) is 5.21. The van der Waals surface area contributed by atoms with Gasteiger partial charge < -0.3 is 0 Å². The number of thioether (sulfide) groups is 1. The zero-order valence-corrected chi connectivity index (χ0v) is 17.3. The molecule has 0 aliphatic carbocycles. The Kier molecular flexibility index (Phi) is 5.65. The van der Waals surface area contributed by atoms with Gasteiger partial charge in [-0.25, -0.2) is 0 Å². The van der Waals surface area contributed by atoms with Crippen LogP contribution in [0.25, 0.3) is 0 Å². The summed E-state index contributed by atoms with van der Waals surface area (Å²) >= 11 is 14.3. The zero-order chi connectivity index (χ0) is 19.7. The average Bonchev–Trinajstić information content (AvgIpc) is 2.69. The molecule has 0 spiro atoms. The molecule has 28 heavy (non-hydrogen) atoms. The van der Waals surface area contributed by atoms with Crippen molar-refractivity contribution in [1.82, 2.24) is 9.80 Å². The number of benzene rings is 2. The molecule has 2 aromatic rings. The SMILES string of the molecule is N#CC1=C2SCN(Cc3ccccc3)CN2C(=O)C[C@H]1c1c(Cl)cccc1Cl. The number of carbonyl (C=O) groups excluding carboxylic acids is 1. The first-order valence-electron chi connectivity index (χ1n) is 8.86. The molecule has 2 aromatic carbocycles. The molecule has 0 bridgehead atoms. The van der Waals surface area contributed by atoms with Crippen LogP contribution in [0.5, 0.6) is 0 Å². The van der Waals surface area contributed by atoms with Gasteiger partial charge in [0.05, 0.1) is 29.2 Å². The van der Waals surface area contributed by atoms with E-state index in [0.717, 1.165) is 11.6 Å². The van der Waals surface area contributed by atoms with Crippen LogP contribution in [0.15, 0.2) is 59.1 Å². The van der Waals surface area contributed by atoms with E-state index in [2.05, 4.69) is 23.1 Å². The maximum absolute atomic E-state index is 13.0. The molecule has 0 unspecified atom stereocenters. The van der Waals surface area contributed by atoms with E-state index in [1.165, 1.54) is 17.3 Å². The summed E-state index contributed by atoms with van der Waals surface area (Å²) in [5, 5.41) is 11.6. The van der Waals surface area contributed by atoms with Crippen LogP contribution in [-0.2, 0) is 11.3 Å². The Morgan fingerprint density at radius 2 is 1.82 bits per heavy atom. The second kappa shape index (κ2) is 8.18. The van der Waals surface area contributed by atoms with Crippen molar-refractivity contribution in [3.05, 3.63) is 80.3 Å². The molecule has 0 saturated carbocycles. The number of nitrogens with zero attached hydrogens (tertiary/aromatic N) is 3. The van der Waals surface area contributed by atoms with Crippen molar-refractivity contribution in [2.24, 2.45) is 0 Å². The van der Waals surface area contributed by atoms with Crippen molar-refractivity contribution in [1.29, 1.82) is 5.26 Å². The van der Waals surface area contributed by atoms with E-state index in [4.69, 9.17) is 23.2 Å². The van der Waals surface area contributed by atoms with Gasteiger partial charge in [0.2, 0.25) is 5.91 Å². The molecule has 0 aromatic heterocycles. The van der Waals surface area contributed by atoms with Gasteiger partial charge in [0, 0.05) is 28.9 Å². The van der Waals surface area contributed by atoms with Crippen LogP contribution in [0.1, 0.15) is 23.5 Å². The fourth-order valence-electron chi connectivity index (χ4n) is 3.64. The van der Waals surface area contributed by atoms with Crippen LogP contribution in [0.2, 0.25) is 10.0 Å². The third-order valence-electron chi connectivity index (χ3n) is 4.95. The second-order valence-corrected chi connectivity index (χ2v) is 8.52. The van der Waals surface area contributed by atoms with Crippen molar-refractivity contribution in [3.63, 3.8) is 0 Å². The number of carbonyl (C=O) groups is 1. The minimum absolute atomic E-state index is 0.0137. The van der Waals surface area contributed by atoms with Crippen molar-refractivity contribution >= 4 is 40.9 Å². The molecule has 142 valence electrons. The number of allylic oxidation sites excluding steroid dienone is 1. The van der Waals surface area contributed by atoms with E-state index in [1.54, 1.807) is 23.1 Å². The number of hydrogen-bond donors (Lipinski definition) is 0. The summed E-state index contributed by atoms with van der Waals surface area (Å²) in [7, 11) is 0. The first-order chi connectivity index (χ1) is 13.6. The van der Waals surface area contributed by atoms with Gasteiger partial charge in [0.1, 0.15) is 0 Å². The maximum Gasteiger partial charge on any atom is 0.229 e. The first-order valence-corrected chi connectivity index (χ1v) is 10.6. The van der Waals surface area contributed by atoms with Gasteiger partial charge in [-0.05, 0) is 23.3 Å². The molecule has 1 amide bonds. The third kappa shape index (κ3) is 3.66. The molecule has 7 heteroatoms. The minimum Gasteiger partial charge on any atom is -0.292 e. The number of halogens is 2. The fourth-order valence-corrected chi connectivity index (χ4v) is 5.44. The molecule has 1 fully saturated rings. The number of nitriles is 1. The summed E-state index contributed by atoms with van der Waals surface area (Å²) < 4.78 is 0. The lowest BCUT2D eigenvalue weighted by Crippen LogP contribution is -2.46. The lowest BCUT2D eigenvalue weighted by Gasteiger charge is -2.41. The molecule has 4 nitrogen and oxygen atoms in total. The largest absolute Gasteiger partial charge is 0.292 e. The van der Waals surface area contributed by atoms with Gasteiger partial charge in [-0.3, -0.25) is 14.6 Å². The quantitative estimate of drug-likeness (QED) is 0.671. The lowest BCUT2D eigenvalue weighted by atomic mass is 9.86. The summed E-state index contributed by atoms with van der Waals surface area (Å²) in [4.78, 5) is 16.9. The second-order valence-electron chi connectivity index (χ2n) is 6.77. The monoisotopic (exact) mass is 429 g/mol. The Labute approximate surface area is 178 Å². The number of rotatable bonds is 3. The molecule has 2 aliphatic heterocycles. The highest BCUT2D eigenvalue weighted by atomic mass is 35.5. The summed E-state index contributed by atoms with van der Waals surface area (Å²) in [6, 6.07) is 17.7. The van der Waals surface area contributed by atoms with E-state index >= 15 is 0 Å². The van der Waals surface area contributed by atoms with Crippen LogP contribution < -0.4 is 0 Å². The normalized spacial score (nSPS) is 20.1. The molecule has 1 atom stereocenters. The molecule has 2 aliphatic rings. The maximum atomic E-state index is 13.0. The Balaban J connectivity index is 1.64. The number of amides is 1. The first kappa shape index (κ1) is 19.4. The van der Waals surface area contributed by atoms with Crippen molar-refractivity contribution in [3.8, 4) is 6.07 Å². The lowest BCUT2D eigenvalue weighted by molar-refractivity contribution is -0.131. The third-order valence-corrected chi connectivity index (χ3v) is 6.81. The fraction of sp³-hybridized carbons (Fsp3) is 0.238. The standard InChI is InChI=1S/C21H17Cl2N3OS/c22-17-7-4-8-18(23)20(17)15-9-19(27)26-12-25(11-14-5-2-1-3-6-14)13-28-21(26)16(15)10-24/h1-8,15H,9,11-13H2/t15-/m1/s1. The van der Waals surface area contributed by atoms with Crippen molar-refractivity contribution in [2.45, 2.75) is 18.9 Å². The van der Waals surface area contributed by atoms with Gasteiger partial charge >= 0.3 is 0 Å². The van der Waals surface area contributed by atoms with Crippen LogP contribution in [0, 0.1) is 11.3 Å². The molecule has 4 rings (SSSR count). The summed E-state index contributed by atoms with van der Waals surface area (Å²) in [5.74, 6) is 0.292. The molecular formula is C21H17Cl2N3OS. The number of fused-ring (bicyclic) bond motifs is 1. The van der Waals surface area contributed by atoms with Gasteiger partial charge in [-0.1, -0.05) is 71.4 Å². The van der Waals surface area contributed by atoms with E-state index in [1.807, 2.05) is 18.2 Å². The van der Waals surface area contributed by atoms with Crippen LogP contribution in [0.3, 0.4) is 0 Å². The molecule has 1 saturated heterocycles. The zero-order valence-electron chi connectivity index (χ0n) is 14.9. The smallest absolute Gasteiger partial charge is 0.229 e. The Hall–Kier alpha value is -1.97. The topological polar surface area (TPSA) is 47.3 Å². The van der Waals surface area contributed by atoms with E-state index in [0.29, 0.717) is 33.7 Å². The minimum atomic E-state index is -0.405. The van der Waals surface area contributed by atoms with Crippen molar-refractivity contribution < 1.29 is 4.79 Å². The Morgan fingerprint density at radius 3 is 2.50 bits per heavy atom. The predicted molar refractivity (Wildman–Crippen MR) is 113 cm³/mol. The van der Waals surface area contributed by atoms with Gasteiger partial charge in [0.15, 0.2) is 0 Å². The van der Waals surface area contributed by atoms with Crippen molar-refractivity contribution in [2.75, 3.05) is 12.5 Å². The van der Waals surface area contributed by atoms with Crippen LogP contribution in [-0.4, -0.2) is 28.3 Å². The summed E-state index contributed by atoms with van der Waals surface area (Å²) in [6.45, 7) is 1.23. The Bertz CT molecular complexity index is 967. The van der Waals surface area contributed by atoms with Crippen LogP contribution in [0.4, 0.5) is 0 Å². The van der Waals surface area contributed by atoms with Gasteiger partial charge in [-0.15, -0.1) is 0 Å². The molecule has 0 N–H and O–H groups in total. The van der Waals surface area contributed by atoms with E-state index < -0.39 is 5.92 Å². The Morgan fingerprint density at radius 1 is 1.11 bits per heavy atom. The van der Waals surface area contributed by atoms with Gasteiger partial charge in [0.25, 0.3) is 0 Å². The number of hydrogen-bond acceptors (Lipinski definition) is 4. The van der Waals surface area contributed by atoms with E-state index in [9.17, 15) is 10.1 Å². The highest BCUT2D eigenvalue weighted by Crippen LogP contribution is 2.46. The molecule has 2 heterocycles. The average molecular weight is 430 g/mol. The molecular weight excluding hydrogens is 413 g/mol. The highest BCUT2D eigenvalue weighted by molar-refractivity contribution is 8.03. The molecule has 0 radical (unpaired) electrons. The van der Waals surface area contributed by atoms with Gasteiger partial charge in [-0.2, -0.15) is 5.26 Å². The summed E-state index contributed by atoms with van der Waals surface area (Å²) in [6.07, 6.45) is 0.190. The van der Waals surface area contributed by atoms with Crippen LogP contribution >= 0.6 is 35.0 Å². The van der Waals surface area contributed by atoms with E-state index in [-0.39, 0.29) is 12.3 Å². The highest BCUT2D eigenvalue weighted by Gasteiger charge is 2.39.